The average Bonchev–Trinajstić information content (AvgIpc) is 3.05. The van der Waals surface area contributed by atoms with Gasteiger partial charge in [0.2, 0.25) is 5.91 Å². The number of esters is 1. The second-order valence-electron chi connectivity index (χ2n) is 5.95. The summed E-state index contributed by atoms with van der Waals surface area (Å²) in [6.45, 7) is 3.15. The third-order valence-corrected chi connectivity index (χ3v) is 5.13. The maximum atomic E-state index is 12.3. The molecule has 1 saturated heterocycles. The molecule has 1 aromatic carbocycles. The van der Waals surface area contributed by atoms with E-state index in [-0.39, 0.29) is 11.9 Å². The van der Waals surface area contributed by atoms with Gasteiger partial charge in [-0.1, -0.05) is 12.1 Å². The van der Waals surface area contributed by atoms with Gasteiger partial charge >= 0.3 is 5.97 Å². The first-order valence-electron chi connectivity index (χ1n) is 7.62. The molecule has 0 radical (unpaired) electrons. The maximum absolute atomic E-state index is 12.3. The molecule has 2 aromatic rings. The highest BCUT2D eigenvalue weighted by atomic mass is 32.1. The van der Waals surface area contributed by atoms with E-state index in [1.807, 2.05) is 29.0 Å². The summed E-state index contributed by atoms with van der Waals surface area (Å²) in [5.41, 5.74) is 0.739. The number of nitrogens with one attached hydrogen (secondary N) is 1. The predicted octanol–water partition coefficient (Wildman–Crippen LogP) is 3.02. The summed E-state index contributed by atoms with van der Waals surface area (Å²) in [7, 11) is 1.59. The number of carbonyl (C=O) groups is 2. The molecule has 24 heavy (non-hydrogen) atoms. The van der Waals surface area contributed by atoms with Crippen molar-refractivity contribution in [1.29, 1.82) is 0 Å². The van der Waals surface area contributed by atoms with Gasteiger partial charge in [-0.05, 0) is 47.0 Å². The fraction of sp³-hybridized carbons (Fsp3) is 0.333. The summed E-state index contributed by atoms with van der Waals surface area (Å²) >= 11 is 1.57. The molecule has 0 saturated carbocycles. The number of carbonyl (C=O) groups excluding carboxylic acids is 2. The first-order valence-corrected chi connectivity index (χ1v) is 8.56. The number of amides is 1. The molecule has 1 aromatic heterocycles. The SMILES string of the molecule is COc1ccc(C(C)(OC(C)=O)C2C(=O)NC2c2ccsc2)cc1. The molecule has 3 rings (SSSR count). The summed E-state index contributed by atoms with van der Waals surface area (Å²) < 4.78 is 10.8. The van der Waals surface area contributed by atoms with Gasteiger partial charge in [-0.15, -0.1) is 0 Å². The molecule has 1 N–H and O–H groups in total. The molecule has 1 fully saturated rings. The molecule has 1 aliphatic heterocycles. The Morgan fingerprint density at radius 2 is 1.96 bits per heavy atom. The molecule has 6 heteroatoms. The zero-order chi connectivity index (χ0) is 17.3. The molecule has 1 aliphatic rings. The molecule has 0 aliphatic carbocycles. The van der Waals surface area contributed by atoms with Crippen molar-refractivity contribution in [2.75, 3.05) is 7.11 Å². The van der Waals surface area contributed by atoms with Gasteiger partial charge in [0, 0.05) is 6.92 Å². The van der Waals surface area contributed by atoms with Crippen molar-refractivity contribution in [2.45, 2.75) is 25.5 Å². The van der Waals surface area contributed by atoms with Crippen LogP contribution in [0.25, 0.3) is 0 Å². The van der Waals surface area contributed by atoms with Crippen molar-refractivity contribution in [2.24, 2.45) is 5.92 Å². The van der Waals surface area contributed by atoms with E-state index in [0.717, 1.165) is 11.1 Å². The van der Waals surface area contributed by atoms with Crippen LogP contribution in [0.2, 0.25) is 0 Å². The molecular weight excluding hydrogens is 326 g/mol. The fourth-order valence-corrected chi connectivity index (χ4v) is 3.90. The number of hydrogen-bond donors (Lipinski definition) is 1. The minimum absolute atomic E-state index is 0.120. The van der Waals surface area contributed by atoms with Gasteiger partial charge in [0.05, 0.1) is 13.2 Å². The number of hydrogen-bond acceptors (Lipinski definition) is 5. The number of methoxy groups -OCH3 is 1. The van der Waals surface area contributed by atoms with E-state index in [1.54, 1.807) is 37.5 Å². The second kappa shape index (κ2) is 6.28. The molecule has 0 spiro atoms. The van der Waals surface area contributed by atoms with E-state index >= 15 is 0 Å². The average molecular weight is 345 g/mol. The van der Waals surface area contributed by atoms with Gasteiger partial charge in [-0.3, -0.25) is 9.59 Å². The Hall–Kier alpha value is -2.34. The Morgan fingerprint density at radius 1 is 1.25 bits per heavy atom. The van der Waals surface area contributed by atoms with E-state index in [0.29, 0.717) is 5.75 Å². The van der Waals surface area contributed by atoms with E-state index in [1.165, 1.54) is 6.92 Å². The van der Waals surface area contributed by atoms with Crippen molar-refractivity contribution >= 4 is 23.2 Å². The Bertz CT molecular complexity index is 741. The van der Waals surface area contributed by atoms with Crippen LogP contribution >= 0.6 is 11.3 Å². The summed E-state index contributed by atoms with van der Waals surface area (Å²) in [5.74, 6) is -0.316. The first-order chi connectivity index (χ1) is 11.5. The van der Waals surface area contributed by atoms with Crippen molar-refractivity contribution in [1.82, 2.24) is 5.32 Å². The number of β-lactam (4-membered cyclic amide) rings is 1. The van der Waals surface area contributed by atoms with Gasteiger partial charge in [0.25, 0.3) is 0 Å². The van der Waals surface area contributed by atoms with E-state index in [9.17, 15) is 9.59 Å². The molecule has 2 heterocycles. The minimum Gasteiger partial charge on any atom is -0.497 e. The van der Waals surface area contributed by atoms with Gasteiger partial charge in [0.15, 0.2) is 0 Å². The Morgan fingerprint density at radius 3 is 2.46 bits per heavy atom. The maximum Gasteiger partial charge on any atom is 0.303 e. The fourth-order valence-electron chi connectivity index (χ4n) is 3.20. The van der Waals surface area contributed by atoms with Gasteiger partial charge in [-0.25, -0.2) is 0 Å². The second-order valence-corrected chi connectivity index (χ2v) is 6.73. The number of ether oxygens (including phenoxy) is 2. The van der Waals surface area contributed by atoms with E-state index in [4.69, 9.17) is 9.47 Å². The van der Waals surface area contributed by atoms with Gasteiger partial charge in [0.1, 0.15) is 17.3 Å². The van der Waals surface area contributed by atoms with Crippen LogP contribution in [0, 0.1) is 5.92 Å². The number of thiophene rings is 1. The third-order valence-electron chi connectivity index (χ3n) is 4.43. The van der Waals surface area contributed by atoms with Crippen LogP contribution in [0.3, 0.4) is 0 Å². The zero-order valence-electron chi connectivity index (χ0n) is 13.7. The molecule has 3 unspecified atom stereocenters. The van der Waals surface area contributed by atoms with Crippen LogP contribution in [0.1, 0.15) is 31.0 Å². The largest absolute Gasteiger partial charge is 0.497 e. The topological polar surface area (TPSA) is 64.6 Å². The highest BCUT2D eigenvalue weighted by Gasteiger charge is 2.55. The monoisotopic (exact) mass is 345 g/mol. The lowest BCUT2D eigenvalue weighted by Gasteiger charge is -2.47. The van der Waals surface area contributed by atoms with Crippen molar-refractivity contribution < 1.29 is 19.1 Å². The van der Waals surface area contributed by atoms with E-state index < -0.39 is 17.5 Å². The number of rotatable bonds is 5. The highest BCUT2D eigenvalue weighted by molar-refractivity contribution is 7.08. The smallest absolute Gasteiger partial charge is 0.303 e. The molecule has 3 atom stereocenters. The summed E-state index contributed by atoms with van der Waals surface area (Å²) in [5, 5.41) is 6.88. The van der Waals surface area contributed by atoms with Crippen molar-refractivity contribution in [3.05, 3.63) is 52.2 Å². The van der Waals surface area contributed by atoms with Gasteiger partial charge in [-0.2, -0.15) is 11.3 Å². The lowest BCUT2D eigenvalue weighted by Crippen LogP contribution is -2.60. The van der Waals surface area contributed by atoms with Crippen LogP contribution in [-0.4, -0.2) is 19.0 Å². The molecule has 0 bridgehead atoms. The Balaban J connectivity index is 2.00. The first kappa shape index (κ1) is 16.5. The molecular formula is C18H19NO4S. The summed E-state index contributed by atoms with van der Waals surface area (Å²) in [4.78, 5) is 24.1. The quantitative estimate of drug-likeness (QED) is 0.668. The van der Waals surface area contributed by atoms with Crippen LogP contribution < -0.4 is 10.1 Å². The summed E-state index contributed by atoms with van der Waals surface area (Å²) in [6, 6.07) is 9.07. The Kier molecular flexibility index (Phi) is 4.32. The van der Waals surface area contributed by atoms with Crippen LogP contribution in [0.4, 0.5) is 0 Å². The van der Waals surface area contributed by atoms with Crippen LogP contribution in [0.5, 0.6) is 5.75 Å². The lowest BCUT2D eigenvalue weighted by atomic mass is 9.71. The third kappa shape index (κ3) is 2.78. The zero-order valence-corrected chi connectivity index (χ0v) is 14.6. The number of benzene rings is 1. The normalized spacial score (nSPS) is 22.0. The van der Waals surface area contributed by atoms with Crippen LogP contribution in [-0.2, 0) is 19.9 Å². The van der Waals surface area contributed by atoms with Crippen LogP contribution in [0.15, 0.2) is 41.1 Å². The molecule has 1 amide bonds. The van der Waals surface area contributed by atoms with Crippen molar-refractivity contribution in [3.8, 4) is 5.75 Å². The van der Waals surface area contributed by atoms with Gasteiger partial charge < -0.3 is 14.8 Å². The summed E-state index contributed by atoms with van der Waals surface area (Å²) in [6.07, 6.45) is 0. The molecule has 5 nitrogen and oxygen atoms in total. The van der Waals surface area contributed by atoms with E-state index in [2.05, 4.69) is 5.32 Å². The standard InChI is InChI=1S/C18H19NO4S/c1-11(20)23-18(2,13-4-6-14(22-3)7-5-13)15-16(19-17(15)21)12-8-9-24-10-12/h4-10,15-16H,1-3H3,(H,19,21). The molecule has 126 valence electrons. The lowest BCUT2D eigenvalue weighted by molar-refractivity contribution is -0.175. The predicted molar refractivity (Wildman–Crippen MR) is 90.8 cm³/mol. The highest BCUT2D eigenvalue weighted by Crippen LogP contribution is 2.46. The minimum atomic E-state index is -1.05. The van der Waals surface area contributed by atoms with Crippen molar-refractivity contribution in [3.63, 3.8) is 0 Å². The Labute approximate surface area is 144 Å².